The standard InChI is InChI=1S/C28H58O.C15H32O/c1-2-3-4-5-6-7-8-9-10-11-12-13-14-15-16-17-18-19-20-21-22-23-24-25-26-27-28-29;1-2-3-4-5-6-7-8-9-10-11-12-13-14-15-16/h29H,2-28H2,1H3;16H,2-15H2,1H3. The summed E-state index contributed by atoms with van der Waals surface area (Å²) in [6, 6.07) is 0. The molecule has 0 rings (SSSR count). The molecule has 0 spiro atoms. The molecule has 0 aliphatic carbocycles. The van der Waals surface area contributed by atoms with Crippen molar-refractivity contribution in [3.8, 4) is 0 Å². The second-order valence-electron chi connectivity index (χ2n) is 14.5. The molecule has 0 fully saturated rings. The lowest BCUT2D eigenvalue weighted by atomic mass is 10.0. The second-order valence-corrected chi connectivity index (χ2v) is 14.5. The number of hydrogen-bond acceptors (Lipinski definition) is 2. The molecule has 2 heteroatoms. The van der Waals surface area contributed by atoms with Gasteiger partial charge in [0.15, 0.2) is 0 Å². The largest absolute Gasteiger partial charge is 0.396 e. The van der Waals surface area contributed by atoms with Crippen molar-refractivity contribution in [3.63, 3.8) is 0 Å². The fraction of sp³-hybridized carbons (Fsp3) is 1.00. The predicted molar refractivity (Wildman–Crippen MR) is 206 cm³/mol. The molecule has 0 aromatic rings. The van der Waals surface area contributed by atoms with E-state index in [1.54, 1.807) is 0 Å². The lowest BCUT2D eigenvalue weighted by molar-refractivity contribution is 0.282. The molecule has 0 heterocycles. The maximum atomic E-state index is 8.75. The highest BCUT2D eigenvalue weighted by molar-refractivity contribution is 4.52. The summed E-state index contributed by atoms with van der Waals surface area (Å²) in [5, 5.41) is 17.4. The summed E-state index contributed by atoms with van der Waals surface area (Å²) in [6.07, 6.45) is 54.8. The molecule has 2 nitrogen and oxygen atoms in total. The summed E-state index contributed by atoms with van der Waals surface area (Å²) in [5.74, 6) is 0. The van der Waals surface area contributed by atoms with Gasteiger partial charge in [0.25, 0.3) is 0 Å². The molecule has 0 saturated heterocycles. The van der Waals surface area contributed by atoms with Gasteiger partial charge in [-0.05, 0) is 12.8 Å². The molecule has 0 bridgehead atoms. The van der Waals surface area contributed by atoms with Crippen LogP contribution >= 0.6 is 0 Å². The molecule has 0 aromatic heterocycles. The SMILES string of the molecule is CCCCCCCCCCCCCCCCCCCCCCCCCCCCO.CCCCCCCCCCCCCCCO. The zero-order valence-electron chi connectivity index (χ0n) is 31.9. The minimum absolute atomic E-state index is 0.373. The van der Waals surface area contributed by atoms with Crippen molar-refractivity contribution < 1.29 is 10.2 Å². The summed E-state index contributed by atoms with van der Waals surface area (Å²) in [4.78, 5) is 0. The number of aliphatic hydroxyl groups is 2. The van der Waals surface area contributed by atoms with E-state index in [9.17, 15) is 0 Å². The third kappa shape index (κ3) is 51.0. The summed E-state index contributed by atoms with van der Waals surface area (Å²) in [6.45, 7) is 5.32. The molecule has 0 amide bonds. The number of hydrogen-bond donors (Lipinski definition) is 2. The van der Waals surface area contributed by atoms with Crippen LogP contribution in [0.1, 0.15) is 264 Å². The number of rotatable bonds is 39. The van der Waals surface area contributed by atoms with E-state index < -0.39 is 0 Å². The first-order valence-electron chi connectivity index (χ1n) is 21.5. The third-order valence-corrected chi connectivity index (χ3v) is 9.77. The van der Waals surface area contributed by atoms with E-state index in [2.05, 4.69) is 13.8 Å². The Morgan fingerprint density at radius 2 is 0.289 bits per heavy atom. The minimum Gasteiger partial charge on any atom is -0.396 e. The highest BCUT2D eigenvalue weighted by atomic mass is 16.3. The Balaban J connectivity index is 0. The van der Waals surface area contributed by atoms with Crippen LogP contribution in [0.5, 0.6) is 0 Å². The molecular formula is C43H90O2. The van der Waals surface area contributed by atoms with Gasteiger partial charge in [0, 0.05) is 13.2 Å². The maximum Gasteiger partial charge on any atom is 0.0431 e. The highest BCUT2D eigenvalue weighted by Crippen LogP contribution is 2.16. The first kappa shape index (κ1) is 47.0. The van der Waals surface area contributed by atoms with Crippen LogP contribution < -0.4 is 0 Å². The Morgan fingerprint density at radius 3 is 0.400 bits per heavy atom. The molecule has 0 aliphatic rings. The molecule has 0 saturated carbocycles. The smallest absolute Gasteiger partial charge is 0.0431 e. The van der Waals surface area contributed by atoms with E-state index in [4.69, 9.17) is 10.2 Å². The summed E-state index contributed by atoms with van der Waals surface area (Å²) in [7, 11) is 0. The van der Waals surface area contributed by atoms with E-state index in [-0.39, 0.29) is 0 Å². The number of unbranched alkanes of at least 4 members (excludes halogenated alkanes) is 37. The monoisotopic (exact) mass is 639 g/mol. The lowest BCUT2D eigenvalue weighted by Gasteiger charge is -2.04. The fourth-order valence-electron chi connectivity index (χ4n) is 6.56. The van der Waals surface area contributed by atoms with Crippen molar-refractivity contribution in [3.05, 3.63) is 0 Å². The fourth-order valence-corrected chi connectivity index (χ4v) is 6.56. The highest BCUT2D eigenvalue weighted by Gasteiger charge is 1.97. The third-order valence-electron chi connectivity index (χ3n) is 9.77. The molecule has 2 N–H and O–H groups in total. The minimum atomic E-state index is 0.373. The Bertz CT molecular complexity index is 411. The van der Waals surface area contributed by atoms with Crippen molar-refractivity contribution >= 4 is 0 Å². The second kappa shape index (κ2) is 48.3. The molecule has 0 aliphatic heterocycles. The van der Waals surface area contributed by atoms with E-state index >= 15 is 0 Å². The van der Waals surface area contributed by atoms with Crippen LogP contribution in [-0.4, -0.2) is 23.4 Å². The van der Waals surface area contributed by atoms with Crippen LogP contribution in [0.4, 0.5) is 0 Å². The Labute approximate surface area is 287 Å². The van der Waals surface area contributed by atoms with Gasteiger partial charge in [-0.15, -0.1) is 0 Å². The van der Waals surface area contributed by atoms with Gasteiger partial charge in [-0.3, -0.25) is 0 Å². The van der Waals surface area contributed by atoms with Crippen LogP contribution in [0.3, 0.4) is 0 Å². The van der Waals surface area contributed by atoms with Crippen LogP contribution in [0.15, 0.2) is 0 Å². The normalized spacial score (nSPS) is 11.2. The van der Waals surface area contributed by atoms with Gasteiger partial charge >= 0.3 is 0 Å². The zero-order valence-corrected chi connectivity index (χ0v) is 31.9. The Hall–Kier alpha value is -0.0800. The average Bonchev–Trinajstić information content (AvgIpc) is 3.05. The average molecular weight is 639 g/mol. The predicted octanol–water partition coefficient (Wildman–Crippen LogP) is 15.2. The Kier molecular flexibility index (Phi) is 50.5. The van der Waals surface area contributed by atoms with Crippen molar-refractivity contribution in [1.29, 1.82) is 0 Å². The van der Waals surface area contributed by atoms with Crippen LogP contribution in [0.25, 0.3) is 0 Å². The maximum absolute atomic E-state index is 8.75. The van der Waals surface area contributed by atoms with Gasteiger partial charge in [-0.25, -0.2) is 0 Å². The van der Waals surface area contributed by atoms with Gasteiger partial charge in [0.2, 0.25) is 0 Å². The molecule has 0 atom stereocenters. The van der Waals surface area contributed by atoms with Gasteiger partial charge < -0.3 is 10.2 Å². The molecule has 0 unspecified atom stereocenters. The zero-order chi connectivity index (χ0) is 33.0. The van der Waals surface area contributed by atoms with Crippen LogP contribution in [0.2, 0.25) is 0 Å². The lowest BCUT2D eigenvalue weighted by Crippen LogP contribution is -1.85. The molecule has 274 valence electrons. The topological polar surface area (TPSA) is 40.5 Å². The van der Waals surface area contributed by atoms with E-state index in [0.717, 1.165) is 12.8 Å². The van der Waals surface area contributed by atoms with Gasteiger partial charge in [0.05, 0.1) is 0 Å². The molecular weight excluding hydrogens is 548 g/mol. The van der Waals surface area contributed by atoms with Crippen molar-refractivity contribution in [2.75, 3.05) is 13.2 Å². The summed E-state index contributed by atoms with van der Waals surface area (Å²) in [5.41, 5.74) is 0. The number of aliphatic hydroxyl groups excluding tert-OH is 2. The molecule has 0 aromatic carbocycles. The van der Waals surface area contributed by atoms with Crippen molar-refractivity contribution in [1.82, 2.24) is 0 Å². The Morgan fingerprint density at radius 1 is 0.178 bits per heavy atom. The summed E-state index contributed by atoms with van der Waals surface area (Å²) < 4.78 is 0. The van der Waals surface area contributed by atoms with Gasteiger partial charge in [-0.2, -0.15) is 0 Å². The molecule has 45 heavy (non-hydrogen) atoms. The van der Waals surface area contributed by atoms with Crippen LogP contribution in [-0.2, 0) is 0 Å². The summed E-state index contributed by atoms with van der Waals surface area (Å²) >= 11 is 0. The van der Waals surface area contributed by atoms with Gasteiger partial charge in [0.1, 0.15) is 0 Å². The van der Waals surface area contributed by atoms with E-state index in [1.807, 2.05) is 0 Å². The van der Waals surface area contributed by atoms with Crippen molar-refractivity contribution in [2.45, 2.75) is 264 Å². The van der Waals surface area contributed by atoms with E-state index in [0.29, 0.717) is 13.2 Å². The van der Waals surface area contributed by atoms with E-state index in [1.165, 1.54) is 238 Å². The quantitative estimate of drug-likeness (QED) is 0.0658. The van der Waals surface area contributed by atoms with Gasteiger partial charge in [-0.1, -0.05) is 251 Å². The first-order valence-corrected chi connectivity index (χ1v) is 21.5. The molecule has 0 radical (unpaired) electrons. The first-order chi connectivity index (χ1) is 22.3. The van der Waals surface area contributed by atoms with Crippen LogP contribution in [0, 0.1) is 0 Å². The van der Waals surface area contributed by atoms with Crippen molar-refractivity contribution in [2.24, 2.45) is 0 Å².